The Balaban J connectivity index is 2.10. The van der Waals surface area contributed by atoms with Crippen LogP contribution in [0.2, 0.25) is 0 Å². The van der Waals surface area contributed by atoms with Gasteiger partial charge in [-0.1, -0.05) is 12.1 Å². The van der Waals surface area contributed by atoms with E-state index in [1.807, 2.05) is 0 Å². The van der Waals surface area contributed by atoms with Crippen LogP contribution in [0.15, 0.2) is 24.3 Å². The third kappa shape index (κ3) is 2.54. The third-order valence-corrected chi connectivity index (χ3v) is 2.96. The first-order valence-electron chi connectivity index (χ1n) is 5.88. The molecule has 2 rings (SSSR count). The monoisotopic (exact) mass is 220 g/mol. The molecule has 0 bridgehead atoms. The van der Waals surface area contributed by atoms with E-state index >= 15 is 0 Å². The van der Waals surface area contributed by atoms with Crippen molar-refractivity contribution in [2.75, 3.05) is 18.0 Å². The normalized spacial score (nSPS) is 25.8. The zero-order valence-corrected chi connectivity index (χ0v) is 10.0. The summed E-state index contributed by atoms with van der Waals surface area (Å²) in [6, 6.07) is 8.49. The number of hydrogen-bond donors (Lipinski definition) is 1. The molecule has 3 heteroatoms. The van der Waals surface area contributed by atoms with Crippen LogP contribution >= 0.6 is 0 Å². The number of morpholine rings is 1. The SMILES string of the molecule is C[C@@H]1CN(c2ccc(CN)cc2)C[C@H](C)O1. The number of benzene rings is 1. The van der Waals surface area contributed by atoms with Gasteiger partial charge in [0.2, 0.25) is 0 Å². The van der Waals surface area contributed by atoms with Crippen molar-refractivity contribution in [3.05, 3.63) is 29.8 Å². The molecule has 1 saturated heterocycles. The molecule has 16 heavy (non-hydrogen) atoms. The highest BCUT2D eigenvalue weighted by molar-refractivity contribution is 5.48. The van der Waals surface area contributed by atoms with E-state index in [1.165, 1.54) is 11.3 Å². The Morgan fingerprint density at radius 1 is 1.19 bits per heavy atom. The van der Waals surface area contributed by atoms with Gasteiger partial charge in [0.15, 0.2) is 0 Å². The lowest BCUT2D eigenvalue weighted by Crippen LogP contribution is -2.45. The second-order valence-corrected chi connectivity index (χ2v) is 4.53. The van der Waals surface area contributed by atoms with E-state index in [2.05, 4.69) is 43.0 Å². The van der Waals surface area contributed by atoms with Crippen LogP contribution in [0.4, 0.5) is 5.69 Å². The summed E-state index contributed by atoms with van der Waals surface area (Å²) >= 11 is 0. The minimum Gasteiger partial charge on any atom is -0.372 e. The van der Waals surface area contributed by atoms with Gasteiger partial charge in [-0.3, -0.25) is 0 Å². The number of ether oxygens (including phenoxy) is 1. The molecule has 0 saturated carbocycles. The van der Waals surface area contributed by atoms with Gasteiger partial charge in [-0.15, -0.1) is 0 Å². The van der Waals surface area contributed by atoms with Crippen molar-refractivity contribution in [2.45, 2.75) is 32.6 Å². The van der Waals surface area contributed by atoms with Crippen molar-refractivity contribution < 1.29 is 4.74 Å². The number of nitrogens with two attached hydrogens (primary N) is 1. The van der Waals surface area contributed by atoms with Gasteiger partial charge >= 0.3 is 0 Å². The Labute approximate surface area is 97.2 Å². The van der Waals surface area contributed by atoms with Crippen LogP contribution in [-0.4, -0.2) is 25.3 Å². The first-order chi connectivity index (χ1) is 7.69. The Morgan fingerprint density at radius 2 is 1.75 bits per heavy atom. The molecule has 1 aromatic rings. The molecule has 1 heterocycles. The molecular weight excluding hydrogens is 200 g/mol. The summed E-state index contributed by atoms with van der Waals surface area (Å²) in [5.74, 6) is 0. The molecule has 1 aliphatic rings. The molecule has 0 unspecified atom stereocenters. The quantitative estimate of drug-likeness (QED) is 0.825. The number of rotatable bonds is 2. The Hall–Kier alpha value is -1.06. The van der Waals surface area contributed by atoms with Crippen molar-refractivity contribution in [1.29, 1.82) is 0 Å². The molecule has 2 N–H and O–H groups in total. The van der Waals surface area contributed by atoms with Crippen LogP contribution in [-0.2, 0) is 11.3 Å². The molecule has 0 radical (unpaired) electrons. The van der Waals surface area contributed by atoms with Crippen LogP contribution in [0.25, 0.3) is 0 Å². The summed E-state index contributed by atoms with van der Waals surface area (Å²) in [4.78, 5) is 2.37. The summed E-state index contributed by atoms with van der Waals surface area (Å²) in [7, 11) is 0. The summed E-state index contributed by atoms with van der Waals surface area (Å²) in [6.45, 7) is 6.78. The maximum atomic E-state index is 5.72. The largest absolute Gasteiger partial charge is 0.372 e. The molecule has 0 aliphatic carbocycles. The van der Waals surface area contributed by atoms with Gasteiger partial charge in [0.1, 0.15) is 0 Å². The zero-order chi connectivity index (χ0) is 11.5. The van der Waals surface area contributed by atoms with Crippen LogP contribution in [0.5, 0.6) is 0 Å². The molecule has 2 atom stereocenters. The minimum absolute atomic E-state index is 0.304. The average Bonchev–Trinajstić information content (AvgIpc) is 2.28. The maximum absolute atomic E-state index is 5.72. The molecule has 88 valence electrons. The second kappa shape index (κ2) is 4.85. The Kier molecular flexibility index (Phi) is 3.46. The van der Waals surface area contributed by atoms with Gasteiger partial charge in [0, 0.05) is 25.3 Å². The summed E-state index contributed by atoms with van der Waals surface area (Å²) in [5.41, 5.74) is 8.03. The highest BCUT2D eigenvalue weighted by atomic mass is 16.5. The predicted molar refractivity (Wildman–Crippen MR) is 66.6 cm³/mol. The second-order valence-electron chi connectivity index (χ2n) is 4.53. The standard InChI is InChI=1S/C13H20N2O/c1-10-8-15(9-11(2)16-10)13-5-3-12(7-14)4-6-13/h3-6,10-11H,7-9,14H2,1-2H3/t10-,11+. The Bertz CT molecular complexity index is 326. The smallest absolute Gasteiger partial charge is 0.0726 e. The van der Waals surface area contributed by atoms with Gasteiger partial charge in [0.05, 0.1) is 12.2 Å². The zero-order valence-electron chi connectivity index (χ0n) is 10.0. The average molecular weight is 220 g/mol. The van der Waals surface area contributed by atoms with Crippen molar-refractivity contribution >= 4 is 5.69 Å². The fourth-order valence-electron chi connectivity index (χ4n) is 2.23. The van der Waals surface area contributed by atoms with Gasteiger partial charge in [-0.05, 0) is 31.5 Å². The molecule has 0 spiro atoms. The fraction of sp³-hybridized carbons (Fsp3) is 0.538. The first kappa shape index (κ1) is 11.4. The number of anilines is 1. The lowest BCUT2D eigenvalue weighted by molar-refractivity contribution is -0.00521. The molecule has 1 aliphatic heterocycles. The van der Waals surface area contributed by atoms with Crippen molar-refractivity contribution in [2.24, 2.45) is 5.73 Å². The summed E-state index contributed by atoms with van der Waals surface area (Å²) in [5, 5.41) is 0. The number of hydrogen-bond acceptors (Lipinski definition) is 3. The van der Waals surface area contributed by atoms with E-state index in [0.29, 0.717) is 18.8 Å². The maximum Gasteiger partial charge on any atom is 0.0726 e. The molecule has 1 fully saturated rings. The first-order valence-corrected chi connectivity index (χ1v) is 5.88. The highest BCUT2D eigenvalue weighted by Gasteiger charge is 2.21. The molecule has 0 amide bonds. The van der Waals surface area contributed by atoms with E-state index in [-0.39, 0.29) is 0 Å². The topological polar surface area (TPSA) is 38.5 Å². The van der Waals surface area contributed by atoms with Crippen molar-refractivity contribution in [3.63, 3.8) is 0 Å². The lowest BCUT2D eigenvalue weighted by atomic mass is 10.1. The van der Waals surface area contributed by atoms with Crippen molar-refractivity contribution in [3.8, 4) is 0 Å². The molecular formula is C13H20N2O. The van der Waals surface area contributed by atoms with Crippen LogP contribution < -0.4 is 10.6 Å². The fourth-order valence-corrected chi connectivity index (χ4v) is 2.23. The third-order valence-electron chi connectivity index (χ3n) is 2.96. The lowest BCUT2D eigenvalue weighted by Gasteiger charge is -2.36. The summed E-state index contributed by atoms with van der Waals surface area (Å²) in [6.07, 6.45) is 0.607. The Morgan fingerprint density at radius 3 is 2.25 bits per heavy atom. The summed E-state index contributed by atoms with van der Waals surface area (Å²) < 4.78 is 5.72. The molecule has 1 aromatic carbocycles. The van der Waals surface area contributed by atoms with Gasteiger partial charge < -0.3 is 15.4 Å². The predicted octanol–water partition coefficient (Wildman–Crippen LogP) is 1.76. The van der Waals surface area contributed by atoms with Crippen LogP contribution in [0.3, 0.4) is 0 Å². The van der Waals surface area contributed by atoms with Gasteiger partial charge in [0.25, 0.3) is 0 Å². The van der Waals surface area contributed by atoms with Gasteiger partial charge in [-0.2, -0.15) is 0 Å². The van der Waals surface area contributed by atoms with Crippen LogP contribution in [0.1, 0.15) is 19.4 Å². The molecule has 0 aromatic heterocycles. The van der Waals surface area contributed by atoms with Gasteiger partial charge in [-0.25, -0.2) is 0 Å². The van der Waals surface area contributed by atoms with E-state index < -0.39 is 0 Å². The van der Waals surface area contributed by atoms with E-state index in [1.54, 1.807) is 0 Å². The van der Waals surface area contributed by atoms with E-state index in [0.717, 1.165) is 13.1 Å². The van der Waals surface area contributed by atoms with Crippen LogP contribution in [0, 0.1) is 0 Å². The molecule has 3 nitrogen and oxygen atoms in total. The van der Waals surface area contributed by atoms with Crippen molar-refractivity contribution in [1.82, 2.24) is 0 Å². The highest BCUT2D eigenvalue weighted by Crippen LogP contribution is 2.20. The van der Waals surface area contributed by atoms with E-state index in [9.17, 15) is 0 Å². The van der Waals surface area contributed by atoms with E-state index in [4.69, 9.17) is 10.5 Å². The minimum atomic E-state index is 0.304. The number of nitrogens with zero attached hydrogens (tertiary/aromatic N) is 1.